The Balaban J connectivity index is 1.54. The molecule has 8 nitrogen and oxygen atoms in total. The molecule has 0 saturated carbocycles. The molecular formula is C13H12N6O2. The number of hydrogen-bond donors (Lipinski definition) is 1. The summed E-state index contributed by atoms with van der Waals surface area (Å²) in [6.45, 7) is 0.710. The van der Waals surface area contributed by atoms with Crippen LogP contribution in [0.4, 0.5) is 5.95 Å². The number of hydrogen-bond acceptors (Lipinski definition) is 6. The molecule has 3 heterocycles. The average Bonchev–Trinajstić information content (AvgIpc) is 2.47. The SMILES string of the molecule is O=C(Nc1ncccn1)C1CN(C(=O)c2cnccn2)C1. The molecule has 1 aliphatic rings. The largest absolute Gasteiger partial charge is 0.336 e. The molecule has 21 heavy (non-hydrogen) atoms. The first-order chi connectivity index (χ1) is 10.2. The molecule has 0 aliphatic carbocycles. The van der Waals surface area contributed by atoms with Crippen LogP contribution in [0, 0.1) is 5.92 Å². The highest BCUT2D eigenvalue weighted by Crippen LogP contribution is 2.18. The molecule has 2 aromatic heterocycles. The number of anilines is 1. The van der Waals surface area contributed by atoms with Crippen LogP contribution in [0.2, 0.25) is 0 Å². The van der Waals surface area contributed by atoms with Gasteiger partial charge in [-0.3, -0.25) is 19.9 Å². The van der Waals surface area contributed by atoms with Crippen LogP contribution in [0.1, 0.15) is 10.5 Å². The second-order valence-electron chi connectivity index (χ2n) is 4.56. The third-order valence-electron chi connectivity index (χ3n) is 3.12. The smallest absolute Gasteiger partial charge is 0.274 e. The Bertz CT molecular complexity index is 642. The van der Waals surface area contributed by atoms with E-state index >= 15 is 0 Å². The highest BCUT2D eigenvalue weighted by Gasteiger charge is 2.36. The molecule has 8 heteroatoms. The fourth-order valence-corrected chi connectivity index (χ4v) is 1.96. The van der Waals surface area contributed by atoms with Crippen molar-refractivity contribution in [3.05, 3.63) is 42.7 Å². The number of carbonyl (C=O) groups is 2. The number of carbonyl (C=O) groups excluding carboxylic acids is 2. The topological polar surface area (TPSA) is 101 Å². The van der Waals surface area contributed by atoms with Gasteiger partial charge in [0.1, 0.15) is 5.69 Å². The lowest BCUT2D eigenvalue weighted by Crippen LogP contribution is -2.54. The van der Waals surface area contributed by atoms with E-state index in [4.69, 9.17) is 0 Å². The number of rotatable bonds is 3. The van der Waals surface area contributed by atoms with Gasteiger partial charge in [-0.05, 0) is 6.07 Å². The van der Waals surface area contributed by atoms with Crippen molar-refractivity contribution in [2.45, 2.75) is 0 Å². The van der Waals surface area contributed by atoms with Gasteiger partial charge in [0.25, 0.3) is 5.91 Å². The van der Waals surface area contributed by atoms with E-state index in [9.17, 15) is 9.59 Å². The predicted molar refractivity (Wildman–Crippen MR) is 72.1 cm³/mol. The van der Waals surface area contributed by atoms with Gasteiger partial charge in [0.05, 0.1) is 12.1 Å². The molecule has 3 rings (SSSR count). The van der Waals surface area contributed by atoms with Crippen molar-refractivity contribution >= 4 is 17.8 Å². The minimum absolute atomic E-state index is 0.190. The summed E-state index contributed by atoms with van der Waals surface area (Å²) in [5, 5.41) is 2.62. The first kappa shape index (κ1) is 13.1. The standard InChI is InChI=1S/C13H12N6O2/c20-11(18-13-16-2-1-3-17-13)9-7-19(8-9)12(21)10-6-14-4-5-15-10/h1-6,9H,7-8H2,(H,16,17,18,20). The zero-order chi connectivity index (χ0) is 14.7. The molecule has 0 unspecified atom stereocenters. The van der Waals surface area contributed by atoms with Crippen LogP contribution in [0.3, 0.4) is 0 Å². The van der Waals surface area contributed by atoms with Crippen molar-refractivity contribution < 1.29 is 9.59 Å². The van der Waals surface area contributed by atoms with E-state index in [0.29, 0.717) is 13.1 Å². The van der Waals surface area contributed by atoms with E-state index in [0.717, 1.165) is 0 Å². The summed E-state index contributed by atoms with van der Waals surface area (Å²) in [5.74, 6) is -0.400. The van der Waals surface area contributed by atoms with E-state index in [-0.39, 0.29) is 29.4 Å². The van der Waals surface area contributed by atoms with Crippen molar-refractivity contribution in [1.82, 2.24) is 24.8 Å². The number of likely N-dealkylation sites (tertiary alicyclic amines) is 1. The molecule has 0 radical (unpaired) electrons. The Labute approximate surface area is 120 Å². The van der Waals surface area contributed by atoms with E-state index in [1.165, 1.54) is 18.6 Å². The summed E-state index contributed by atoms with van der Waals surface area (Å²) in [5.41, 5.74) is 0.280. The van der Waals surface area contributed by atoms with Gasteiger partial charge in [0.15, 0.2) is 0 Å². The van der Waals surface area contributed by atoms with E-state index in [1.54, 1.807) is 23.4 Å². The molecular weight excluding hydrogens is 272 g/mol. The molecule has 0 atom stereocenters. The third-order valence-corrected chi connectivity index (χ3v) is 3.12. The van der Waals surface area contributed by atoms with Crippen LogP contribution in [-0.4, -0.2) is 49.7 Å². The molecule has 0 aromatic carbocycles. The van der Waals surface area contributed by atoms with Crippen LogP contribution < -0.4 is 5.32 Å². The Morgan fingerprint density at radius 2 is 1.86 bits per heavy atom. The predicted octanol–water partition coefficient (Wildman–Crippen LogP) is -0.0227. The second kappa shape index (κ2) is 5.61. The summed E-state index contributed by atoms with van der Waals surface area (Å²) >= 11 is 0. The molecule has 1 N–H and O–H groups in total. The number of amides is 2. The fourth-order valence-electron chi connectivity index (χ4n) is 1.96. The van der Waals surface area contributed by atoms with E-state index < -0.39 is 0 Å². The lowest BCUT2D eigenvalue weighted by Gasteiger charge is -2.37. The van der Waals surface area contributed by atoms with Crippen molar-refractivity contribution in [2.24, 2.45) is 5.92 Å². The fraction of sp³-hybridized carbons (Fsp3) is 0.231. The van der Waals surface area contributed by atoms with Gasteiger partial charge in [0, 0.05) is 37.9 Å². The quantitative estimate of drug-likeness (QED) is 0.850. The van der Waals surface area contributed by atoms with Crippen LogP contribution in [0.25, 0.3) is 0 Å². The van der Waals surface area contributed by atoms with Crippen LogP contribution in [0.15, 0.2) is 37.1 Å². The molecule has 0 bridgehead atoms. The molecule has 1 fully saturated rings. The van der Waals surface area contributed by atoms with Gasteiger partial charge >= 0.3 is 0 Å². The minimum atomic E-state index is -0.255. The van der Waals surface area contributed by atoms with Gasteiger partial charge in [-0.15, -0.1) is 0 Å². The lowest BCUT2D eigenvalue weighted by molar-refractivity contribution is -0.123. The average molecular weight is 284 g/mol. The zero-order valence-corrected chi connectivity index (χ0v) is 11.0. The maximum absolute atomic E-state index is 12.0. The maximum Gasteiger partial charge on any atom is 0.274 e. The maximum atomic E-state index is 12.0. The van der Waals surface area contributed by atoms with Gasteiger partial charge < -0.3 is 4.90 Å². The minimum Gasteiger partial charge on any atom is -0.336 e. The third kappa shape index (κ3) is 2.83. The highest BCUT2D eigenvalue weighted by molar-refractivity contribution is 5.96. The van der Waals surface area contributed by atoms with Gasteiger partial charge in [-0.2, -0.15) is 0 Å². The first-order valence-corrected chi connectivity index (χ1v) is 6.37. The van der Waals surface area contributed by atoms with Gasteiger partial charge in [0.2, 0.25) is 11.9 Å². The molecule has 106 valence electrons. The first-order valence-electron chi connectivity index (χ1n) is 6.37. The Hall–Kier alpha value is -2.90. The number of nitrogens with zero attached hydrogens (tertiary/aromatic N) is 5. The zero-order valence-electron chi connectivity index (χ0n) is 11.0. The van der Waals surface area contributed by atoms with E-state index in [1.807, 2.05) is 0 Å². The normalized spacial score (nSPS) is 14.4. The van der Waals surface area contributed by atoms with Gasteiger partial charge in [-0.25, -0.2) is 15.0 Å². The summed E-state index contributed by atoms with van der Waals surface area (Å²) in [6, 6.07) is 1.67. The van der Waals surface area contributed by atoms with Crippen molar-refractivity contribution in [1.29, 1.82) is 0 Å². The summed E-state index contributed by atoms with van der Waals surface area (Å²) in [6.07, 6.45) is 7.47. The molecule has 2 aromatic rings. The highest BCUT2D eigenvalue weighted by atomic mass is 16.2. The monoisotopic (exact) mass is 284 g/mol. The Kier molecular flexibility index (Phi) is 3.50. The number of aromatic nitrogens is 4. The molecule has 0 spiro atoms. The van der Waals surface area contributed by atoms with Crippen LogP contribution >= 0.6 is 0 Å². The summed E-state index contributed by atoms with van der Waals surface area (Å²) in [7, 11) is 0. The summed E-state index contributed by atoms with van der Waals surface area (Å²) in [4.78, 5) is 41.2. The summed E-state index contributed by atoms with van der Waals surface area (Å²) < 4.78 is 0. The van der Waals surface area contributed by atoms with Crippen LogP contribution in [0.5, 0.6) is 0 Å². The van der Waals surface area contributed by atoms with Crippen molar-refractivity contribution in [2.75, 3.05) is 18.4 Å². The Morgan fingerprint density at radius 3 is 2.52 bits per heavy atom. The lowest BCUT2D eigenvalue weighted by atomic mass is 9.99. The Morgan fingerprint density at radius 1 is 1.10 bits per heavy atom. The van der Waals surface area contributed by atoms with Crippen molar-refractivity contribution in [3.63, 3.8) is 0 Å². The van der Waals surface area contributed by atoms with Crippen LogP contribution in [-0.2, 0) is 4.79 Å². The second-order valence-corrected chi connectivity index (χ2v) is 4.56. The molecule has 1 aliphatic heterocycles. The van der Waals surface area contributed by atoms with Gasteiger partial charge in [-0.1, -0.05) is 0 Å². The van der Waals surface area contributed by atoms with E-state index in [2.05, 4.69) is 25.3 Å². The molecule has 2 amide bonds. The molecule has 1 saturated heterocycles. The van der Waals surface area contributed by atoms with Crippen molar-refractivity contribution in [3.8, 4) is 0 Å². The number of nitrogens with one attached hydrogen (secondary N) is 1.